The summed E-state index contributed by atoms with van der Waals surface area (Å²) in [6.45, 7) is 2.06. The first-order valence-corrected chi connectivity index (χ1v) is 8.71. The Hall–Kier alpha value is -2.57. The summed E-state index contributed by atoms with van der Waals surface area (Å²) in [6, 6.07) is 15.6. The Balaban J connectivity index is 1.53. The van der Waals surface area contributed by atoms with Crippen molar-refractivity contribution >= 4 is 11.5 Å². The van der Waals surface area contributed by atoms with Crippen LogP contribution in [0.3, 0.4) is 0 Å². The van der Waals surface area contributed by atoms with E-state index in [2.05, 4.69) is 4.90 Å². The second kappa shape index (κ2) is 7.76. The van der Waals surface area contributed by atoms with Crippen molar-refractivity contribution in [3.8, 4) is 0 Å². The predicted molar refractivity (Wildman–Crippen MR) is 97.9 cm³/mol. The molecule has 1 saturated heterocycles. The molecule has 1 aliphatic heterocycles. The fraction of sp³-hybridized carbons (Fsp3) is 0.350. The lowest BCUT2D eigenvalue weighted by atomic mass is 9.85. The highest BCUT2D eigenvalue weighted by Crippen LogP contribution is 2.28. The third-order valence-electron chi connectivity index (χ3n) is 4.93. The number of hydrogen-bond donors (Lipinski definition) is 1. The number of hydrogen-bond acceptors (Lipinski definition) is 5. The van der Waals surface area contributed by atoms with Crippen LogP contribution in [-0.4, -0.2) is 39.4 Å². The van der Waals surface area contributed by atoms with Crippen LogP contribution in [0, 0.1) is 10.1 Å². The van der Waals surface area contributed by atoms with Crippen molar-refractivity contribution in [2.45, 2.75) is 31.4 Å². The third-order valence-corrected chi connectivity index (χ3v) is 4.93. The van der Waals surface area contributed by atoms with E-state index >= 15 is 0 Å². The van der Waals surface area contributed by atoms with Gasteiger partial charge in [-0.15, -0.1) is 0 Å². The van der Waals surface area contributed by atoms with Crippen molar-refractivity contribution in [1.29, 1.82) is 0 Å². The summed E-state index contributed by atoms with van der Waals surface area (Å²) in [7, 11) is 0. The first kappa shape index (κ1) is 18.2. The highest BCUT2D eigenvalue weighted by Gasteiger charge is 2.34. The molecule has 1 N–H and O–H groups in total. The van der Waals surface area contributed by atoms with Crippen molar-refractivity contribution < 1.29 is 14.8 Å². The van der Waals surface area contributed by atoms with Gasteiger partial charge >= 0.3 is 0 Å². The fourth-order valence-electron chi connectivity index (χ4n) is 3.31. The maximum Gasteiger partial charge on any atom is 0.269 e. The van der Waals surface area contributed by atoms with Gasteiger partial charge in [-0.1, -0.05) is 42.5 Å². The summed E-state index contributed by atoms with van der Waals surface area (Å²) in [5.74, 6) is -0.0306. The molecule has 26 heavy (non-hydrogen) atoms. The Bertz CT molecular complexity index is 766. The van der Waals surface area contributed by atoms with Gasteiger partial charge in [0.15, 0.2) is 5.78 Å². The monoisotopic (exact) mass is 354 g/mol. The summed E-state index contributed by atoms with van der Waals surface area (Å²) in [6.07, 6.45) is 1.22. The van der Waals surface area contributed by atoms with Crippen molar-refractivity contribution in [3.63, 3.8) is 0 Å². The number of carbonyl (C=O) groups excluding carboxylic acids is 1. The molecule has 0 radical (unpaired) electrons. The summed E-state index contributed by atoms with van der Waals surface area (Å²) in [5, 5.41) is 21.5. The normalized spacial score (nSPS) is 17.0. The predicted octanol–water partition coefficient (Wildman–Crippen LogP) is 3.19. The van der Waals surface area contributed by atoms with Gasteiger partial charge in [0.1, 0.15) is 0 Å². The molecule has 0 atom stereocenters. The number of Topliss-reactive ketones (excluding diaryl/α,β-unsaturated/α-hetero) is 1. The van der Waals surface area contributed by atoms with E-state index in [4.69, 9.17) is 0 Å². The lowest BCUT2D eigenvalue weighted by molar-refractivity contribution is -0.384. The molecule has 1 aliphatic rings. The summed E-state index contributed by atoms with van der Waals surface area (Å²) < 4.78 is 0. The Kier molecular flexibility index (Phi) is 5.44. The van der Waals surface area contributed by atoms with E-state index in [9.17, 15) is 20.0 Å². The number of piperidine rings is 1. The van der Waals surface area contributed by atoms with Gasteiger partial charge in [-0.2, -0.15) is 0 Å². The van der Waals surface area contributed by atoms with Crippen LogP contribution in [0.4, 0.5) is 5.69 Å². The van der Waals surface area contributed by atoms with Crippen LogP contribution in [0.1, 0.15) is 35.2 Å². The maximum atomic E-state index is 12.3. The van der Waals surface area contributed by atoms with E-state index in [1.165, 1.54) is 12.1 Å². The minimum absolute atomic E-state index is 0.0306. The summed E-state index contributed by atoms with van der Waals surface area (Å²) in [4.78, 5) is 24.8. The molecule has 136 valence electrons. The topological polar surface area (TPSA) is 83.7 Å². The van der Waals surface area contributed by atoms with Gasteiger partial charge < -0.3 is 5.11 Å². The number of carbonyl (C=O) groups is 1. The Morgan fingerprint density at radius 1 is 1.08 bits per heavy atom. The zero-order chi connectivity index (χ0) is 18.6. The molecule has 0 unspecified atom stereocenters. The Morgan fingerprint density at radius 3 is 2.27 bits per heavy atom. The molecule has 0 aromatic heterocycles. The van der Waals surface area contributed by atoms with Crippen LogP contribution in [0.5, 0.6) is 0 Å². The van der Waals surface area contributed by atoms with E-state index in [-0.39, 0.29) is 17.9 Å². The largest absolute Gasteiger partial charge is 0.389 e. The quantitative estimate of drug-likeness (QED) is 0.489. The lowest BCUT2D eigenvalue weighted by Crippen LogP contribution is -2.45. The molecule has 0 bridgehead atoms. The number of nitro benzene ring substituents is 1. The average molecular weight is 354 g/mol. The number of nitro groups is 1. The number of non-ortho nitro benzene ring substituents is 1. The van der Waals surface area contributed by atoms with E-state index in [1.54, 1.807) is 24.3 Å². The molecular weight excluding hydrogens is 332 g/mol. The van der Waals surface area contributed by atoms with Crippen LogP contribution in [0.2, 0.25) is 0 Å². The van der Waals surface area contributed by atoms with Crippen LogP contribution in [0.25, 0.3) is 0 Å². The highest BCUT2D eigenvalue weighted by atomic mass is 16.6. The fourth-order valence-corrected chi connectivity index (χ4v) is 3.31. The van der Waals surface area contributed by atoms with Gasteiger partial charge in [0.05, 0.1) is 10.5 Å². The molecule has 0 saturated carbocycles. The van der Waals surface area contributed by atoms with E-state index in [0.717, 1.165) is 5.56 Å². The third kappa shape index (κ3) is 4.53. The number of ketones is 1. The van der Waals surface area contributed by atoms with E-state index in [0.29, 0.717) is 38.0 Å². The number of benzene rings is 2. The molecular formula is C20H22N2O4. The minimum Gasteiger partial charge on any atom is -0.389 e. The number of likely N-dealkylation sites (tertiary alicyclic amines) is 1. The first-order valence-electron chi connectivity index (χ1n) is 8.71. The molecule has 0 amide bonds. The molecule has 6 nitrogen and oxygen atoms in total. The van der Waals surface area contributed by atoms with Gasteiger partial charge in [-0.05, 0) is 18.4 Å². The molecule has 1 heterocycles. The van der Waals surface area contributed by atoms with Crippen LogP contribution in [0.15, 0.2) is 54.6 Å². The van der Waals surface area contributed by atoms with Crippen molar-refractivity contribution in [1.82, 2.24) is 4.90 Å². The second-order valence-corrected chi connectivity index (χ2v) is 6.89. The smallest absolute Gasteiger partial charge is 0.269 e. The molecule has 6 heteroatoms. The maximum absolute atomic E-state index is 12.3. The van der Waals surface area contributed by atoms with E-state index < -0.39 is 10.5 Å². The van der Waals surface area contributed by atoms with Crippen LogP contribution in [-0.2, 0) is 6.54 Å². The lowest BCUT2D eigenvalue weighted by Gasteiger charge is -2.38. The Labute approximate surface area is 152 Å². The molecule has 2 aromatic carbocycles. The minimum atomic E-state index is -0.959. The standard InChI is InChI=1S/C20H22N2O4/c23-19(17-4-2-1-3-5-17)14-20(24)10-12-21(13-11-20)15-16-6-8-18(9-7-16)22(25)26/h1-9,24H,10-15H2. The van der Waals surface area contributed by atoms with Crippen molar-refractivity contribution in [3.05, 3.63) is 75.8 Å². The molecule has 3 rings (SSSR count). The number of aliphatic hydroxyl groups is 1. The second-order valence-electron chi connectivity index (χ2n) is 6.89. The van der Waals surface area contributed by atoms with Gasteiger partial charge in [0, 0.05) is 43.8 Å². The summed E-state index contributed by atoms with van der Waals surface area (Å²) >= 11 is 0. The van der Waals surface area contributed by atoms with Gasteiger partial charge in [0.25, 0.3) is 5.69 Å². The molecule has 0 spiro atoms. The zero-order valence-corrected chi connectivity index (χ0v) is 14.5. The average Bonchev–Trinajstić information content (AvgIpc) is 2.65. The SMILES string of the molecule is O=C(CC1(O)CCN(Cc2ccc([N+](=O)[O-])cc2)CC1)c1ccccc1. The molecule has 2 aromatic rings. The van der Waals surface area contributed by atoms with E-state index in [1.807, 2.05) is 18.2 Å². The van der Waals surface area contributed by atoms with Crippen LogP contribution < -0.4 is 0 Å². The first-order chi connectivity index (χ1) is 12.5. The molecule has 0 aliphatic carbocycles. The molecule has 1 fully saturated rings. The van der Waals surface area contributed by atoms with Gasteiger partial charge in [0.2, 0.25) is 0 Å². The highest BCUT2D eigenvalue weighted by molar-refractivity contribution is 5.96. The van der Waals surface area contributed by atoms with Crippen molar-refractivity contribution in [2.75, 3.05) is 13.1 Å². The number of rotatable bonds is 6. The van der Waals surface area contributed by atoms with Gasteiger partial charge in [-0.25, -0.2) is 0 Å². The summed E-state index contributed by atoms with van der Waals surface area (Å²) in [5.41, 5.74) is 0.760. The van der Waals surface area contributed by atoms with Crippen LogP contribution >= 0.6 is 0 Å². The zero-order valence-electron chi connectivity index (χ0n) is 14.5. The van der Waals surface area contributed by atoms with Gasteiger partial charge in [-0.3, -0.25) is 19.8 Å². The number of nitrogens with zero attached hydrogens (tertiary/aromatic N) is 2. The Morgan fingerprint density at radius 2 is 1.69 bits per heavy atom. The van der Waals surface area contributed by atoms with Crippen molar-refractivity contribution in [2.24, 2.45) is 0 Å².